The van der Waals surface area contributed by atoms with E-state index in [0.717, 1.165) is 12.2 Å². The van der Waals surface area contributed by atoms with Crippen molar-refractivity contribution in [3.63, 3.8) is 0 Å². The molecule has 3 heteroatoms. The maximum atomic E-state index is 4.79. The molecule has 0 bridgehead atoms. The first-order valence-corrected chi connectivity index (χ1v) is 10.8. The molecule has 0 spiro atoms. The Hall–Kier alpha value is -2.39. The first kappa shape index (κ1) is 18.9. The van der Waals surface area contributed by atoms with Crippen LogP contribution in [-0.2, 0) is 6.54 Å². The van der Waals surface area contributed by atoms with Gasteiger partial charge in [0.2, 0.25) is 0 Å². The van der Waals surface area contributed by atoms with Gasteiger partial charge in [0.15, 0.2) is 0 Å². The molecule has 1 aromatic heterocycles. The molecular weight excluding hydrogens is 342 g/mol. The first-order valence-electron chi connectivity index (χ1n) is 10.8. The van der Waals surface area contributed by atoms with Crippen LogP contribution in [0.15, 0.2) is 67.0 Å². The van der Waals surface area contributed by atoms with Crippen LogP contribution in [0, 0.1) is 0 Å². The van der Waals surface area contributed by atoms with E-state index in [1.165, 1.54) is 75.0 Å². The number of hydrogen-bond acceptors (Lipinski definition) is 2. The quantitative estimate of drug-likeness (QED) is 0.460. The van der Waals surface area contributed by atoms with E-state index in [1.54, 1.807) is 0 Å². The minimum absolute atomic E-state index is 1.03. The molecule has 0 aliphatic carbocycles. The number of imidazole rings is 1. The summed E-state index contributed by atoms with van der Waals surface area (Å²) in [5, 5.41) is 0. The summed E-state index contributed by atoms with van der Waals surface area (Å²) in [6.07, 6.45) is 10.0. The molecule has 2 aromatic carbocycles. The van der Waals surface area contributed by atoms with E-state index in [2.05, 4.69) is 70.1 Å². The lowest BCUT2D eigenvalue weighted by Crippen LogP contribution is -2.30. The number of benzene rings is 2. The molecule has 1 saturated heterocycles. The van der Waals surface area contributed by atoms with E-state index in [9.17, 15) is 0 Å². The maximum Gasteiger partial charge on any atom is 0.0963 e. The monoisotopic (exact) mass is 373 g/mol. The number of likely N-dealkylation sites (tertiary alicyclic amines) is 1. The van der Waals surface area contributed by atoms with Crippen molar-refractivity contribution in [2.24, 2.45) is 0 Å². The standard InChI is InChI=1S/C25H31N3/c1-5-13-22(14-6-1)24-25(23-15-7-2-8-16-23)28(21-26-24)20-12-4-11-19-27-17-9-3-10-18-27/h1-2,5-8,13-16,21H,3-4,9-12,17-20H2. The zero-order valence-electron chi connectivity index (χ0n) is 16.8. The number of unbranched alkanes of at least 4 members (excludes halogenated alkanes) is 2. The molecule has 0 atom stereocenters. The predicted molar refractivity (Wildman–Crippen MR) is 117 cm³/mol. The van der Waals surface area contributed by atoms with Crippen molar-refractivity contribution in [1.82, 2.24) is 14.5 Å². The summed E-state index contributed by atoms with van der Waals surface area (Å²) >= 11 is 0. The van der Waals surface area contributed by atoms with Crippen LogP contribution in [0.5, 0.6) is 0 Å². The summed E-state index contributed by atoms with van der Waals surface area (Å²) in [7, 11) is 0. The van der Waals surface area contributed by atoms with E-state index in [4.69, 9.17) is 4.98 Å². The number of aromatic nitrogens is 2. The molecule has 4 rings (SSSR count). The average molecular weight is 374 g/mol. The SMILES string of the molecule is c1ccc(-c2ncn(CCCCCN3CCCCC3)c2-c2ccccc2)cc1. The number of hydrogen-bond donors (Lipinski definition) is 0. The van der Waals surface area contributed by atoms with Crippen LogP contribution >= 0.6 is 0 Å². The Morgan fingerprint density at radius 3 is 2.04 bits per heavy atom. The summed E-state index contributed by atoms with van der Waals surface area (Å²) in [5.74, 6) is 0. The van der Waals surface area contributed by atoms with Gasteiger partial charge >= 0.3 is 0 Å². The lowest BCUT2D eigenvalue weighted by molar-refractivity contribution is 0.224. The Labute approximate surface area is 169 Å². The van der Waals surface area contributed by atoms with E-state index in [1.807, 2.05) is 6.33 Å². The third-order valence-electron chi connectivity index (χ3n) is 5.75. The van der Waals surface area contributed by atoms with E-state index >= 15 is 0 Å². The van der Waals surface area contributed by atoms with Crippen LogP contribution in [0.4, 0.5) is 0 Å². The summed E-state index contributed by atoms with van der Waals surface area (Å²) in [4.78, 5) is 7.43. The number of piperidine rings is 1. The van der Waals surface area contributed by atoms with E-state index < -0.39 is 0 Å². The van der Waals surface area contributed by atoms with Crippen molar-refractivity contribution in [2.45, 2.75) is 45.1 Å². The summed E-state index contributed by atoms with van der Waals surface area (Å²) < 4.78 is 2.35. The van der Waals surface area contributed by atoms with Gasteiger partial charge in [0.25, 0.3) is 0 Å². The molecular formula is C25H31N3. The average Bonchev–Trinajstić information content (AvgIpc) is 3.19. The highest BCUT2D eigenvalue weighted by molar-refractivity contribution is 5.78. The van der Waals surface area contributed by atoms with Gasteiger partial charge in [0.05, 0.1) is 17.7 Å². The van der Waals surface area contributed by atoms with Gasteiger partial charge in [-0.05, 0) is 45.3 Å². The number of aryl methyl sites for hydroxylation is 1. The van der Waals surface area contributed by atoms with Crippen LogP contribution in [0.25, 0.3) is 22.5 Å². The normalized spacial score (nSPS) is 15.0. The molecule has 0 saturated carbocycles. The largest absolute Gasteiger partial charge is 0.330 e. The van der Waals surface area contributed by atoms with Crippen LogP contribution in [0.3, 0.4) is 0 Å². The lowest BCUT2D eigenvalue weighted by atomic mass is 10.0. The summed E-state index contributed by atoms with van der Waals surface area (Å²) in [6, 6.07) is 21.2. The molecule has 1 aliphatic heterocycles. The Bertz CT molecular complexity index is 833. The molecule has 0 unspecified atom stereocenters. The second-order valence-electron chi connectivity index (χ2n) is 7.83. The van der Waals surface area contributed by atoms with Crippen LogP contribution in [0.1, 0.15) is 38.5 Å². The van der Waals surface area contributed by atoms with Gasteiger partial charge in [-0.25, -0.2) is 4.98 Å². The zero-order valence-corrected chi connectivity index (χ0v) is 16.8. The van der Waals surface area contributed by atoms with Crippen molar-refractivity contribution < 1.29 is 0 Å². The topological polar surface area (TPSA) is 21.1 Å². The highest BCUT2D eigenvalue weighted by Crippen LogP contribution is 2.31. The number of rotatable bonds is 8. The smallest absolute Gasteiger partial charge is 0.0963 e. The molecule has 0 N–H and O–H groups in total. The van der Waals surface area contributed by atoms with E-state index in [-0.39, 0.29) is 0 Å². The Kier molecular flexibility index (Phi) is 6.56. The molecule has 0 radical (unpaired) electrons. The van der Waals surface area contributed by atoms with Gasteiger partial charge < -0.3 is 9.47 Å². The van der Waals surface area contributed by atoms with Crippen LogP contribution in [0.2, 0.25) is 0 Å². The van der Waals surface area contributed by atoms with Crippen molar-refractivity contribution in [3.8, 4) is 22.5 Å². The lowest BCUT2D eigenvalue weighted by Gasteiger charge is -2.26. The number of nitrogens with zero attached hydrogens (tertiary/aromatic N) is 3. The summed E-state index contributed by atoms with van der Waals surface area (Å²) in [5.41, 5.74) is 4.75. The molecule has 1 fully saturated rings. The second-order valence-corrected chi connectivity index (χ2v) is 7.83. The van der Waals surface area contributed by atoms with E-state index in [0.29, 0.717) is 0 Å². The van der Waals surface area contributed by atoms with Gasteiger partial charge in [0.1, 0.15) is 0 Å². The van der Waals surface area contributed by atoms with Crippen molar-refractivity contribution in [1.29, 1.82) is 0 Å². The van der Waals surface area contributed by atoms with Crippen molar-refractivity contribution >= 4 is 0 Å². The Morgan fingerprint density at radius 1 is 0.679 bits per heavy atom. The Morgan fingerprint density at radius 2 is 1.32 bits per heavy atom. The molecule has 146 valence electrons. The summed E-state index contributed by atoms with van der Waals surface area (Å²) in [6.45, 7) is 4.91. The van der Waals surface area contributed by atoms with Crippen LogP contribution in [-0.4, -0.2) is 34.1 Å². The third kappa shape index (κ3) is 4.71. The molecule has 0 amide bonds. The van der Waals surface area contributed by atoms with Crippen LogP contribution < -0.4 is 0 Å². The fourth-order valence-electron chi connectivity index (χ4n) is 4.24. The Balaban J connectivity index is 1.42. The highest BCUT2D eigenvalue weighted by atomic mass is 15.1. The van der Waals surface area contributed by atoms with Gasteiger partial charge in [-0.1, -0.05) is 73.5 Å². The molecule has 3 nitrogen and oxygen atoms in total. The first-order chi connectivity index (χ1) is 13.9. The molecule has 1 aliphatic rings. The molecule has 28 heavy (non-hydrogen) atoms. The molecule has 2 heterocycles. The molecule has 3 aromatic rings. The minimum atomic E-state index is 1.03. The van der Waals surface area contributed by atoms with Crippen molar-refractivity contribution in [2.75, 3.05) is 19.6 Å². The maximum absolute atomic E-state index is 4.79. The minimum Gasteiger partial charge on any atom is -0.330 e. The zero-order chi connectivity index (χ0) is 19.0. The fourth-order valence-corrected chi connectivity index (χ4v) is 4.24. The van der Waals surface area contributed by atoms with Gasteiger partial charge in [-0.15, -0.1) is 0 Å². The van der Waals surface area contributed by atoms with Gasteiger partial charge in [-0.3, -0.25) is 0 Å². The van der Waals surface area contributed by atoms with Gasteiger partial charge in [-0.2, -0.15) is 0 Å². The van der Waals surface area contributed by atoms with Gasteiger partial charge in [0, 0.05) is 17.7 Å². The van der Waals surface area contributed by atoms with Crippen molar-refractivity contribution in [3.05, 3.63) is 67.0 Å². The second kappa shape index (κ2) is 9.70. The predicted octanol–water partition coefficient (Wildman–Crippen LogP) is 5.87. The third-order valence-corrected chi connectivity index (χ3v) is 5.75. The highest BCUT2D eigenvalue weighted by Gasteiger charge is 2.14. The fraction of sp³-hybridized carbons (Fsp3) is 0.400.